The first-order valence-corrected chi connectivity index (χ1v) is 4.38. The minimum Gasteiger partial charge on any atom is -0.382 e. The van der Waals surface area contributed by atoms with Gasteiger partial charge in [-0.3, -0.25) is 4.68 Å². The maximum Gasteiger partial charge on any atom is 0.152 e. The average Bonchev–Trinajstić information content (AvgIpc) is 2.26. The minimum atomic E-state index is 0.574. The van der Waals surface area contributed by atoms with Crippen LogP contribution in [0.4, 0.5) is 5.82 Å². The van der Waals surface area contributed by atoms with Crippen molar-refractivity contribution < 1.29 is 0 Å². The molecule has 0 aromatic carbocycles. The van der Waals surface area contributed by atoms with Gasteiger partial charge in [0.15, 0.2) is 5.82 Å². The van der Waals surface area contributed by atoms with Gasteiger partial charge in [0, 0.05) is 24.1 Å². The summed E-state index contributed by atoms with van der Waals surface area (Å²) < 4.78 is 1.70. The molecule has 0 unspecified atom stereocenters. The third-order valence-corrected chi connectivity index (χ3v) is 1.65. The number of rotatable bonds is 2. The number of hydrogen-bond acceptors (Lipinski definition) is 2. The molecule has 4 heteroatoms. The van der Waals surface area contributed by atoms with Crippen molar-refractivity contribution >= 4 is 27.8 Å². The Kier molecular flexibility index (Phi) is 2.70. The summed E-state index contributed by atoms with van der Waals surface area (Å²) in [5.74, 6) is 0.574. The summed E-state index contributed by atoms with van der Waals surface area (Å²) in [4.78, 5) is 0. The Bertz CT molecular complexity index is 265. The Labute approximate surface area is 74.0 Å². The first-order valence-electron chi connectivity index (χ1n) is 3.25. The lowest BCUT2D eigenvalue weighted by atomic mass is 10.3. The summed E-state index contributed by atoms with van der Waals surface area (Å²) in [6, 6.07) is 0. The van der Waals surface area contributed by atoms with Crippen molar-refractivity contribution in [3.8, 4) is 0 Å². The van der Waals surface area contributed by atoms with E-state index >= 15 is 0 Å². The highest BCUT2D eigenvalue weighted by Gasteiger charge is 1.97. The molecule has 0 aliphatic heterocycles. The number of aryl methyl sites for hydroxylation is 1. The first kappa shape index (κ1) is 8.33. The van der Waals surface area contributed by atoms with Crippen LogP contribution in [0.15, 0.2) is 12.3 Å². The molecule has 0 radical (unpaired) electrons. The summed E-state index contributed by atoms with van der Waals surface area (Å²) >= 11 is 3.28. The van der Waals surface area contributed by atoms with Gasteiger partial charge < -0.3 is 5.73 Å². The molecule has 0 bridgehead atoms. The van der Waals surface area contributed by atoms with Crippen LogP contribution >= 0.6 is 15.9 Å². The van der Waals surface area contributed by atoms with Crippen molar-refractivity contribution in [2.45, 2.75) is 0 Å². The molecule has 1 aromatic rings. The highest BCUT2D eigenvalue weighted by Crippen LogP contribution is 2.09. The van der Waals surface area contributed by atoms with Crippen LogP contribution in [0.5, 0.6) is 0 Å². The number of anilines is 1. The number of aromatic nitrogens is 2. The predicted octanol–water partition coefficient (Wildman–Crippen LogP) is 1.41. The maximum absolute atomic E-state index is 5.58. The van der Waals surface area contributed by atoms with Gasteiger partial charge >= 0.3 is 0 Å². The van der Waals surface area contributed by atoms with E-state index in [-0.39, 0.29) is 0 Å². The minimum absolute atomic E-state index is 0.574. The van der Waals surface area contributed by atoms with E-state index in [0.29, 0.717) is 5.82 Å². The molecule has 0 fully saturated rings. The second kappa shape index (κ2) is 3.57. The molecule has 0 atom stereocenters. The summed E-state index contributed by atoms with van der Waals surface area (Å²) in [5.41, 5.74) is 6.55. The highest BCUT2D eigenvalue weighted by molar-refractivity contribution is 9.09. The zero-order valence-corrected chi connectivity index (χ0v) is 7.87. The fourth-order valence-electron chi connectivity index (χ4n) is 0.824. The van der Waals surface area contributed by atoms with E-state index in [9.17, 15) is 0 Å². The van der Waals surface area contributed by atoms with Gasteiger partial charge in [0.2, 0.25) is 0 Å². The third kappa shape index (κ3) is 2.08. The van der Waals surface area contributed by atoms with Crippen LogP contribution in [-0.4, -0.2) is 15.1 Å². The average molecular weight is 216 g/mol. The summed E-state index contributed by atoms with van der Waals surface area (Å²) in [6.07, 6.45) is 5.80. The Hall–Kier alpha value is -0.770. The molecule has 3 nitrogen and oxygen atoms in total. The molecular formula is C7H10BrN3. The standard InChI is InChI=1S/C7H10BrN3/c1-11-5-6(3-2-4-8)7(9)10-11/h2-3,5H,4H2,1H3,(H2,9,10). The van der Waals surface area contributed by atoms with Gasteiger partial charge in [0.1, 0.15) is 0 Å². The van der Waals surface area contributed by atoms with Gasteiger partial charge in [0.25, 0.3) is 0 Å². The van der Waals surface area contributed by atoms with E-state index in [4.69, 9.17) is 5.73 Å². The number of alkyl halides is 1. The number of halogens is 1. The van der Waals surface area contributed by atoms with Gasteiger partial charge in [-0.05, 0) is 0 Å². The molecule has 11 heavy (non-hydrogen) atoms. The van der Waals surface area contributed by atoms with E-state index in [1.54, 1.807) is 4.68 Å². The Morgan fingerprint density at radius 1 is 1.82 bits per heavy atom. The van der Waals surface area contributed by atoms with Crippen LogP contribution in [0, 0.1) is 0 Å². The maximum atomic E-state index is 5.58. The van der Waals surface area contributed by atoms with Crippen molar-refractivity contribution in [1.29, 1.82) is 0 Å². The van der Waals surface area contributed by atoms with Crippen LogP contribution in [0.2, 0.25) is 0 Å². The van der Waals surface area contributed by atoms with Crippen LogP contribution < -0.4 is 5.73 Å². The van der Waals surface area contributed by atoms with E-state index in [1.807, 2.05) is 25.4 Å². The Morgan fingerprint density at radius 2 is 2.55 bits per heavy atom. The molecule has 0 saturated carbocycles. The lowest BCUT2D eigenvalue weighted by molar-refractivity contribution is 0.772. The van der Waals surface area contributed by atoms with Crippen molar-refractivity contribution in [3.05, 3.63) is 17.8 Å². The molecule has 0 amide bonds. The monoisotopic (exact) mass is 215 g/mol. The van der Waals surface area contributed by atoms with E-state index in [1.165, 1.54) is 0 Å². The molecule has 1 rings (SSSR count). The van der Waals surface area contributed by atoms with E-state index < -0.39 is 0 Å². The fourth-order valence-corrected chi connectivity index (χ4v) is 1.01. The normalized spacial score (nSPS) is 11.1. The van der Waals surface area contributed by atoms with Crippen molar-refractivity contribution in [2.24, 2.45) is 7.05 Å². The molecule has 60 valence electrons. The number of nitrogens with two attached hydrogens (primary N) is 1. The highest BCUT2D eigenvalue weighted by atomic mass is 79.9. The van der Waals surface area contributed by atoms with Crippen LogP contribution in [0.25, 0.3) is 6.08 Å². The summed E-state index contributed by atoms with van der Waals surface area (Å²) in [7, 11) is 1.85. The topological polar surface area (TPSA) is 43.8 Å². The van der Waals surface area contributed by atoms with Crippen LogP contribution in [-0.2, 0) is 7.05 Å². The fraction of sp³-hybridized carbons (Fsp3) is 0.286. The second-order valence-electron chi connectivity index (χ2n) is 2.20. The van der Waals surface area contributed by atoms with Gasteiger partial charge in [0.05, 0.1) is 0 Å². The molecule has 0 spiro atoms. The summed E-state index contributed by atoms with van der Waals surface area (Å²) in [5, 5.41) is 4.83. The lowest BCUT2D eigenvalue weighted by Crippen LogP contribution is -1.90. The largest absolute Gasteiger partial charge is 0.382 e. The third-order valence-electron chi connectivity index (χ3n) is 1.27. The molecule has 0 saturated heterocycles. The molecule has 2 N–H and O–H groups in total. The SMILES string of the molecule is Cn1cc(C=CCBr)c(N)n1. The van der Waals surface area contributed by atoms with E-state index in [2.05, 4.69) is 21.0 Å². The predicted molar refractivity (Wildman–Crippen MR) is 50.4 cm³/mol. The van der Waals surface area contributed by atoms with Crippen molar-refractivity contribution in [1.82, 2.24) is 9.78 Å². The van der Waals surface area contributed by atoms with E-state index in [0.717, 1.165) is 10.9 Å². The zero-order valence-electron chi connectivity index (χ0n) is 6.29. The molecule has 0 aliphatic rings. The Balaban J connectivity index is 2.85. The second-order valence-corrected chi connectivity index (χ2v) is 2.85. The van der Waals surface area contributed by atoms with Gasteiger partial charge in [-0.15, -0.1) is 0 Å². The number of nitrogens with zero attached hydrogens (tertiary/aromatic N) is 2. The molecule has 1 heterocycles. The van der Waals surface area contributed by atoms with Crippen LogP contribution in [0.3, 0.4) is 0 Å². The molecule has 1 aromatic heterocycles. The molecular weight excluding hydrogens is 206 g/mol. The summed E-state index contributed by atoms with van der Waals surface area (Å²) in [6.45, 7) is 0. The smallest absolute Gasteiger partial charge is 0.152 e. The van der Waals surface area contributed by atoms with Gasteiger partial charge in [-0.1, -0.05) is 28.1 Å². The van der Waals surface area contributed by atoms with Crippen molar-refractivity contribution in [2.75, 3.05) is 11.1 Å². The quantitative estimate of drug-likeness (QED) is 0.759. The van der Waals surface area contributed by atoms with Gasteiger partial charge in [-0.25, -0.2) is 0 Å². The van der Waals surface area contributed by atoms with Gasteiger partial charge in [-0.2, -0.15) is 5.10 Å². The van der Waals surface area contributed by atoms with Crippen LogP contribution in [0.1, 0.15) is 5.56 Å². The zero-order chi connectivity index (χ0) is 8.27. The number of nitrogen functional groups attached to an aromatic ring is 1. The number of hydrogen-bond donors (Lipinski definition) is 1. The first-order chi connectivity index (χ1) is 5.24. The number of allylic oxidation sites excluding steroid dienone is 1. The van der Waals surface area contributed by atoms with Crippen molar-refractivity contribution in [3.63, 3.8) is 0 Å². The molecule has 0 aliphatic carbocycles. The lowest BCUT2D eigenvalue weighted by Gasteiger charge is -1.84. The Morgan fingerprint density at radius 3 is 3.00 bits per heavy atom.